The molecule has 0 aliphatic rings. The summed E-state index contributed by atoms with van der Waals surface area (Å²) in [7, 11) is 0. The van der Waals surface area contributed by atoms with Crippen molar-refractivity contribution in [2.24, 2.45) is 0 Å². The van der Waals surface area contributed by atoms with Crippen LogP contribution in [-0.4, -0.2) is 33.1 Å². The van der Waals surface area contributed by atoms with Gasteiger partial charge in [-0.1, -0.05) is 30.7 Å². The summed E-state index contributed by atoms with van der Waals surface area (Å²) in [5, 5.41) is 25.2. The van der Waals surface area contributed by atoms with Crippen molar-refractivity contribution >= 4 is 58.2 Å². The molecule has 0 spiro atoms. The van der Waals surface area contributed by atoms with Gasteiger partial charge in [-0.25, -0.2) is 4.79 Å². The van der Waals surface area contributed by atoms with Crippen LogP contribution in [0.2, 0.25) is 5.02 Å². The normalized spacial score (nSPS) is 11.4. The van der Waals surface area contributed by atoms with Crippen LogP contribution in [0, 0.1) is 10.1 Å². The fraction of sp³-hybridized carbons (Fsp3) is 0.125. The molecule has 1 atom stereocenters. The Labute approximate surface area is 209 Å². The van der Waals surface area contributed by atoms with Crippen LogP contribution in [0.1, 0.15) is 34.1 Å². The summed E-state index contributed by atoms with van der Waals surface area (Å²) in [4.78, 5) is 47.7. The van der Waals surface area contributed by atoms with Crippen molar-refractivity contribution < 1.29 is 24.4 Å². The van der Waals surface area contributed by atoms with Gasteiger partial charge in [0.2, 0.25) is 5.91 Å². The van der Waals surface area contributed by atoms with Crippen LogP contribution < -0.4 is 10.6 Å². The Bertz CT molecular complexity index is 1300. The monoisotopic (exact) mass is 513 g/mol. The van der Waals surface area contributed by atoms with E-state index < -0.39 is 22.0 Å². The highest BCUT2D eigenvalue weighted by Crippen LogP contribution is 2.30. The molecule has 3 N–H and O–H groups in total. The van der Waals surface area contributed by atoms with E-state index in [9.17, 15) is 24.5 Å². The molecule has 0 radical (unpaired) electrons. The van der Waals surface area contributed by atoms with Crippen LogP contribution in [0.4, 0.5) is 17.1 Å². The SMILES string of the molecule is CCC(Sc1cccc(NC(=O)c2cccc([N+](=O)[O-])c2)c1)C(=O)Nc1cc(C(=O)O)ccc1Cl. The largest absolute Gasteiger partial charge is 0.478 e. The second kappa shape index (κ2) is 11.5. The maximum absolute atomic E-state index is 12.9. The predicted molar refractivity (Wildman–Crippen MR) is 134 cm³/mol. The Morgan fingerprint density at radius 1 is 1.03 bits per heavy atom. The number of hydrogen-bond acceptors (Lipinski definition) is 6. The van der Waals surface area contributed by atoms with Gasteiger partial charge in [-0.2, -0.15) is 0 Å². The molecule has 0 aliphatic carbocycles. The zero-order valence-corrected chi connectivity index (χ0v) is 19.9. The highest BCUT2D eigenvalue weighted by atomic mass is 35.5. The Balaban J connectivity index is 1.71. The highest BCUT2D eigenvalue weighted by Gasteiger charge is 2.20. The minimum atomic E-state index is -1.14. The third kappa shape index (κ3) is 6.81. The van der Waals surface area contributed by atoms with Crippen LogP contribution in [0.3, 0.4) is 0 Å². The van der Waals surface area contributed by atoms with Gasteiger partial charge < -0.3 is 15.7 Å². The highest BCUT2D eigenvalue weighted by molar-refractivity contribution is 8.00. The second-order valence-electron chi connectivity index (χ2n) is 7.29. The van der Waals surface area contributed by atoms with Crippen LogP contribution in [-0.2, 0) is 4.79 Å². The molecular formula is C24H20ClN3O6S. The Hall–Kier alpha value is -3.89. The summed E-state index contributed by atoms with van der Waals surface area (Å²) in [6.07, 6.45) is 0.469. The van der Waals surface area contributed by atoms with Crippen LogP contribution >= 0.6 is 23.4 Å². The molecule has 3 aromatic rings. The van der Waals surface area contributed by atoms with E-state index in [0.29, 0.717) is 17.0 Å². The molecule has 9 nitrogen and oxygen atoms in total. The number of carboxylic acids is 1. The molecule has 0 bridgehead atoms. The van der Waals surface area contributed by atoms with Crippen molar-refractivity contribution in [3.63, 3.8) is 0 Å². The van der Waals surface area contributed by atoms with E-state index in [1.54, 1.807) is 24.3 Å². The summed E-state index contributed by atoms with van der Waals surface area (Å²) in [5.74, 6) is -2.00. The van der Waals surface area contributed by atoms with Gasteiger partial charge in [-0.05, 0) is 48.9 Å². The van der Waals surface area contributed by atoms with E-state index >= 15 is 0 Å². The zero-order chi connectivity index (χ0) is 25.5. The topological polar surface area (TPSA) is 139 Å². The standard InChI is InChI=1S/C24H20ClN3O6S/c1-2-21(23(30)27-20-12-15(24(31)32)9-10-19(20)25)35-18-8-4-6-16(13-18)26-22(29)14-5-3-7-17(11-14)28(33)34/h3-13,21H,2H2,1H3,(H,26,29)(H,27,30)(H,31,32). The van der Waals surface area contributed by atoms with E-state index in [1.807, 2.05) is 6.92 Å². The number of rotatable bonds is 9. The maximum Gasteiger partial charge on any atom is 0.335 e. The van der Waals surface area contributed by atoms with Gasteiger partial charge in [0.15, 0.2) is 0 Å². The first-order valence-corrected chi connectivity index (χ1v) is 11.6. The van der Waals surface area contributed by atoms with Crippen LogP contribution in [0.5, 0.6) is 0 Å². The van der Waals surface area contributed by atoms with Crippen molar-refractivity contribution in [2.45, 2.75) is 23.5 Å². The lowest BCUT2D eigenvalue weighted by molar-refractivity contribution is -0.384. The molecule has 180 valence electrons. The molecule has 0 aliphatic heterocycles. The average Bonchev–Trinajstić information content (AvgIpc) is 2.83. The molecule has 1 unspecified atom stereocenters. The number of halogens is 1. The number of non-ortho nitro benzene ring substituents is 1. The summed E-state index contributed by atoms with van der Waals surface area (Å²) >= 11 is 7.37. The smallest absolute Gasteiger partial charge is 0.335 e. The maximum atomic E-state index is 12.9. The molecule has 0 saturated carbocycles. The number of carboxylic acid groups (broad SMARTS) is 1. The lowest BCUT2D eigenvalue weighted by Crippen LogP contribution is -2.24. The van der Waals surface area contributed by atoms with Crippen molar-refractivity contribution in [2.75, 3.05) is 10.6 Å². The van der Waals surface area contributed by atoms with Crippen molar-refractivity contribution in [1.29, 1.82) is 0 Å². The number of anilines is 2. The number of nitrogens with one attached hydrogen (secondary N) is 2. The van der Waals surface area contributed by atoms with Gasteiger partial charge in [0.05, 0.1) is 26.4 Å². The summed E-state index contributed by atoms with van der Waals surface area (Å²) in [6.45, 7) is 1.83. The van der Waals surface area contributed by atoms with Gasteiger partial charge in [0.1, 0.15) is 0 Å². The zero-order valence-electron chi connectivity index (χ0n) is 18.4. The first-order valence-electron chi connectivity index (χ1n) is 10.3. The van der Waals surface area contributed by atoms with E-state index in [0.717, 1.165) is 0 Å². The van der Waals surface area contributed by atoms with E-state index in [2.05, 4.69) is 10.6 Å². The van der Waals surface area contributed by atoms with Gasteiger partial charge in [-0.15, -0.1) is 11.8 Å². The minimum Gasteiger partial charge on any atom is -0.478 e. The van der Waals surface area contributed by atoms with Gasteiger partial charge in [0.25, 0.3) is 11.6 Å². The number of hydrogen-bond donors (Lipinski definition) is 3. The number of aromatic carboxylic acids is 1. The quantitative estimate of drug-likeness (QED) is 0.189. The molecule has 0 aromatic heterocycles. The Morgan fingerprint density at radius 3 is 2.46 bits per heavy atom. The molecule has 2 amide bonds. The number of benzene rings is 3. The van der Waals surface area contributed by atoms with E-state index in [1.165, 1.54) is 54.2 Å². The second-order valence-corrected chi connectivity index (χ2v) is 8.98. The molecular weight excluding hydrogens is 494 g/mol. The summed E-state index contributed by atoms with van der Waals surface area (Å²) in [5.41, 5.74) is 0.612. The summed E-state index contributed by atoms with van der Waals surface area (Å²) in [6, 6.07) is 16.3. The first kappa shape index (κ1) is 25.7. The predicted octanol–water partition coefficient (Wildman–Crippen LogP) is 5.71. The number of nitro benzene ring substituents is 1. The van der Waals surface area contributed by atoms with Crippen molar-refractivity contribution in [1.82, 2.24) is 0 Å². The molecule has 3 aromatic carbocycles. The van der Waals surface area contributed by atoms with Crippen molar-refractivity contribution in [3.8, 4) is 0 Å². The number of carbonyl (C=O) groups excluding carboxylic acids is 2. The Kier molecular flexibility index (Phi) is 8.45. The lowest BCUT2D eigenvalue weighted by atomic mass is 10.2. The average molecular weight is 514 g/mol. The number of thioether (sulfide) groups is 1. The van der Waals surface area contributed by atoms with E-state index in [-0.39, 0.29) is 33.4 Å². The molecule has 11 heteroatoms. The molecule has 3 rings (SSSR count). The number of carbonyl (C=O) groups is 3. The first-order chi connectivity index (χ1) is 16.7. The molecule has 0 saturated heterocycles. The van der Waals surface area contributed by atoms with Gasteiger partial charge in [0, 0.05) is 28.3 Å². The molecule has 0 heterocycles. The minimum absolute atomic E-state index is 0.00223. The number of nitrogens with zero attached hydrogens (tertiary/aromatic N) is 1. The van der Waals surface area contributed by atoms with Crippen LogP contribution in [0.15, 0.2) is 71.6 Å². The fourth-order valence-corrected chi connectivity index (χ4v) is 4.24. The number of nitro groups is 1. The lowest BCUT2D eigenvalue weighted by Gasteiger charge is -2.16. The van der Waals surface area contributed by atoms with Crippen LogP contribution in [0.25, 0.3) is 0 Å². The molecule has 0 fully saturated rings. The molecule has 35 heavy (non-hydrogen) atoms. The third-order valence-electron chi connectivity index (χ3n) is 4.82. The van der Waals surface area contributed by atoms with Crippen molar-refractivity contribution in [3.05, 3.63) is 93.0 Å². The van der Waals surface area contributed by atoms with E-state index in [4.69, 9.17) is 16.7 Å². The fourth-order valence-electron chi connectivity index (χ4n) is 3.06. The van der Waals surface area contributed by atoms with Gasteiger partial charge in [-0.3, -0.25) is 19.7 Å². The van der Waals surface area contributed by atoms with Gasteiger partial charge >= 0.3 is 5.97 Å². The Morgan fingerprint density at radius 2 is 1.77 bits per heavy atom. The summed E-state index contributed by atoms with van der Waals surface area (Å²) < 4.78 is 0. The third-order valence-corrected chi connectivity index (χ3v) is 6.51. The number of amides is 2.